The van der Waals surface area contributed by atoms with Crippen LogP contribution in [0.3, 0.4) is 0 Å². The molecule has 3 aromatic rings. The molecule has 2 aromatic heterocycles. The fraction of sp³-hybridized carbons (Fsp3) is 0.154. The van der Waals surface area contributed by atoms with Crippen molar-refractivity contribution in [2.75, 3.05) is 0 Å². The highest BCUT2D eigenvalue weighted by atomic mass is 127. The first-order valence-corrected chi connectivity index (χ1v) is 7.58. The third-order valence-corrected chi connectivity index (χ3v) is 5.70. The van der Waals surface area contributed by atoms with Crippen LogP contribution < -0.4 is 0 Å². The molecule has 1 aromatic carbocycles. The standard InChI is InChI=1S/C13H11I2N3/c1-8-13(14)11-4-3-9(5-12(11)18(8)15)10-6-16-17(2)7-10/h3-7H,1-2H3. The summed E-state index contributed by atoms with van der Waals surface area (Å²) in [6.45, 7) is 2.15. The maximum absolute atomic E-state index is 4.22. The Labute approximate surface area is 133 Å². The average Bonchev–Trinajstić information content (AvgIpc) is 2.89. The Kier molecular flexibility index (Phi) is 3.13. The lowest BCUT2D eigenvalue weighted by Crippen LogP contribution is -1.84. The molecule has 0 atom stereocenters. The van der Waals surface area contributed by atoms with Gasteiger partial charge in [-0.25, -0.2) is 0 Å². The van der Waals surface area contributed by atoms with E-state index in [0.29, 0.717) is 0 Å². The van der Waals surface area contributed by atoms with Gasteiger partial charge in [0.2, 0.25) is 0 Å². The highest BCUT2D eigenvalue weighted by molar-refractivity contribution is 14.1. The summed E-state index contributed by atoms with van der Waals surface area (Å²) in [4.78, 5) is 0. The van der Waals surface area contributed by atoms with Crippen LogP contribution in [0.2, 0.25) is 0 Å². The third kappa shape index (κ3) is 1.87. The summed E-state index contributed by atoms with van der Waals surface area (Å²) in [5.41, 5.74) is 4.93. The monoisotopic (exact) mass is 463 g/mol. The predicted molar refractivity (Wildman–Crippen MR) is 91.0 cm³/mol. The SMILES string of the molecule is Cc1c(I)c2ccc(-c3cnn(C)c3)cc2n1I. The van der Waals surface area contributed by atoms with Crippen LogP contribution in [-0.4, -0.2) is 12.6 Å². The fourth-order valence-corrected chi connectivity index (χ4v) is 3.89. The molecular formula is C13H11I2N3. The number of rotatable bonds is 1. The third-order valence-electron chi connectivity index (χ3n) is 3.10. The molecule has 18 heavy (non-hydrogen) atoms. The minimum absolute atomic E-state index is 1.16. The van der Waals surface area contributed by atoms with Crippen molar-refractivity contribution >= 4 is 56.4 Å². The molecular weight excluding hydrogens is 452 g/mol. The summed E-state index contributed by atoms with van der Waals surface area (Å²) in [6, 6.07) is 6.59. The van der Waals surface area contributed by atoms with Gasteiger partial charge in [0.05, 0.1) is 34.6 Å². The van der Waals surface area contributed by atoms with E-state index in [4.69, 9.17) is 0 Å². The molecule has 0 aliphatic heterocycles. The molecule has 0 radical (unpaired) electrons. The van der Waals surface area contributed by atoms with Crippen molar-refractivity contribution in [1.82, 2.24) is 12.6 Å². The first-order valence-electron chi connectivity index (χ1n) is 5.53. The molecule has 0 saturated carbocycles. The molecule has 0 spiro atoms. The van der Waals surface area contributed by atoms with Crippen LogP contribution in [0.5, 0.6) is 0 Å². The minimum atomic E-state index is 1.16. The van der Waals surface area contributed by atoms with Crippen LogP contribution in [-0.2, 0) is 7.05 Å². The highest BCUT2D eigenvalue weighted by Gasteiger charge is 2.11. The van der Waals surface area contributed by atoms with Gasteiger partial charge in [0.25, 0.3) is 0 Å². The van der Waals surface area contributed by atoms with Gasteiger partial charge in [-0.2, -0.15) is 5.10 Å². The molecule has 92 valence electrons. The Bertz CT molecular complexity index is 740. The van der Waals surface area contributed by atoms with Gasteiger partial charge < -0.3 is 0 Å². The first kappa shape index (κ1) is 12.5. The molecule has 0 aliphatic carbocycles. The first-order chi connectivity index (χ1) is 8.58. The summed E-state index contributed by atoms with van der Waals surface area (Å²) < 4.78 is 5.38. The lowest BCUT2D eigenvalue weighted by Gasteiger charge is -2.00. The van der Waals surface area contributed by atoms with Crippen molar-refractivity contribution in [2.24, 2.45) is 7.05 Å². The van der Waals surface area contributed by atoms with Gasteiger partial charge in [-0.3, -0.25) is 7.46 Å². The summed E-state index contributed by atoms with van der Waals surface area (Å²) in [7, 11) is 1.94. The highest BCUT2D eigenvalue weighted by Crippen LogP contribution is 2.32. The van der Waals surface area contributed by atoms with E-state index in [1.54, 1.807) is 0 Å². The molecule has 0 aliphatic rings. The molecule has 0 saturated heterocycles. The number of hydrogen-bond donors (Lipinski definition) is 0. The molecule has 0 fully saturated rings. The van der Waals surface area contributed by atoms with Crippen LogP contribution in [0.15, 0.2) is 30.6 Å². The summed E-state index contributed by atoms with van der Waals surface area (Å²) in [5.74, 6) is 0. The zero-order valence-corrected chi connectivity index (χ0v) is 14.3. The Morgan fingerprint density at radius 1 is 1.22 bits per heavy atom. The van der Waals surface area contributed by atoms with Crippen molar-refractivity contribution in [3.8, 4) is 11.1 Å². The second-order valence-electron chi connectivity index (χ2n) is 4.31. The molecule has 0 amide bonds. The number of hydrogen-bond acceptors (Lipinski definition) is 1. The van der Waals surface area contributed by atoms with Gasteiger partial charge in [-0.15, -0.1) is 0 Å². The summed E-state index contributed by atoms with van der Waals surface area (Å²) in [6.07, 6.45) is 3.94. The molecule has 5 heteroatoms. The number of nitrogens with zero attached hydrogens (tertiary/aromatic N) is 3. The molecule has 0 unspecified atom stereocenters. The van der Waals surface area contributed by atoms with Crippen LogP contribution in [0, 0.1) is 10.5 Å². The predicted octanol–water partition coefficient (Wildman–Crippen LogP) is 4.15. The molecule has 0 bridgehead atoms. The van der Waals surface area contributed by atoms with E-state index >= 15 is 0 Å². The summed E-state index contributed by atoms with van der Waals surface area (Å²) >= 11 is 4.77. The van der Waals surface area contributed by atoms with Gasteiger partial charge in [-0.05, 0) is 41.1 Å². The van der Waals surface area contributed by atoms with Crippen LogP contribution in [0.25, 0.3) is 22.0 Å². The lowest BCUT2D eigenvalue weighted by molar-refractivity contribution is 0.768. The normalized spacial score (nSPS) is 11.3. The Morgan fingerprint density at radius 2 is 2.00 bits per heavy atom. The van der Waals surface area contributed by atoms with E-state index in [1.807, 2.05) is 24.1 Å². The Hall–Kier alpha value is -0.570. The Balaban J connectivity index is 2.25. The van der Waals surface area contributed by atoms with E-state index < -0.39 is 0 Å². The Morgan fingerprint density at radius 3 is 2.67 bits per heavy atom. The molecule has 0 N–H and O–H groups in total. The topological polar surface area (TPSA) is 22.8 Å². The van der Waals surface area contributed by atoms with Gasteiger partial charge in [0.15, 0.2) is 0 Å². The van der Waals surface area contributed by atoms with Gasteiger partial charge in [0.1, 0.15) is 0 Å². The number of fused-ring (bicyclic) bond motifs is 1. The zero-order valence-electron chi connectivity index (χ0n) is 9.98. The zero-order chi connectivity index (χ0) is 12.9. The van der Waals surface area contributed by atoms with Crippen molar-refractivity contribution < 1.29 is 0 Å². The summed E-state index contributed by atoms with van der Waals surface area (Å²) in [5, 5.41) is 5.54. The van der Waals surface area contributed by atoms with Crippen LogP contribution in [0.4, 0.5) is 0 Å². The lowest BCUT2D eigenvalue weighted by atomic mass is 10.1. The number of halogens is 2. The fourth-order valence-electron chi connectivity index (χ4n) is 2.09. The second-order valence-corrected chi connectivity index (χ2v) is 6.36. The van der Waals surface area contributed by atoms with E-state index in [1.165, 1.54) is 25.7 Å². The average molecular weight is 463 g/mol. The molecule has 3 nitrogen and oxygen atoms in total. The van der Waals surface area contributed by atoms with Crippen molar-refractivity contribution in [3.05, 3.63) is 39.9 Å². The number of aromatic nitrogens is 3. The second kappa shape index (κ2) is 4.52. The largest absolute Gasteiger partial charge is 0.286 e. The smallest absolute Gasteiger partial charge is 0.0643 e. The number of aryl methyl sites for hydroxylation is 1. The molecule has 3 rings (SSSR count). The van der Waals surface area contributed by atoms with Crippen LogP contribution >= 0.6 is 45.5 Å². The van der Waals surface area contributed by atoms with Crippen molar-refractivity contribution in [1.29, 1.82) is 0 Å². The van der Waals surface area contributed by atoms with Gasteiger partial charge in [-0.1, -0.05) is 12.1 Å². The maximum Gasteiger partial charge on any atom is 0.0643 e. The van der Waals surface area contributed by atoms with Gasteiger partial charge >= 0.3 is 0 Å². The van der Waals surface area contributed by atoms with Crippen molar-refractivity contribution in [2.45, 2.75) is 6.92 Å². The van der Waals surface area contributed by atoms with E-state index in [0.717, 1.165) is 5.56 Å². The minimum Gasteiger partial charge on any atom is -0.286 e. The van der Waals surface area contributed by atoms with Gasteiger partial charge in [0, 0.05) is 33.5 Å². The van der Waals surface area contributed by atoms with Crippen LogP contribution in [0.1, 0.15) is 5.69 Å². The molecule has 2 heterocycles. The quantitative estimate of drug-likeness (QED) is 0.498. The van der Waals surface area contributed by atoms with E-state index in [-0.39, 0.29) is 0 Å². The van der Waals surface area contributed by atoms with E-state index in [9.17, 15) is 0 Å². The van der Waals surface area contributed by atoms with E-state index in [2.05, 4.69) is 78.5 Å². The van der Waals surface area contributed by atoms with Crippen molar-refractivity contribution in [3.63, 3.8) is 0 Å². The maximum atomic E-state index is 4.22. The number of benzene rings is 1.